The molecule has 4 rings (SSSR count). The third-order valence-corrected chi connectivity index (χ3v) is 5.92. The highest BCUT2D eigenvalue weighted by Gasteiger charge is 2.35. The Labute approximate surface area is 219 Å². The lowest BCUT2D eigenvalue weighted by atomic mass is 9.88. The highest BCUT2D eigenvalue weighted by atomic mass is 19.1. The molecule has 12 nitrogen and oxygen atoms in total. The number of anilines is 3. The molecule has 13 heteroatoms. The van der Waals surface area contributed by atoms with Crippen molar-refractivity contribution in [2.45, 2.75) is 70.7 Å². The lowest BCUT2D eigenvalue weighted by Gasteiger charge is -2.37. The van der Waals surface area contributed by atoms with Crippen LogP contribution in [0.4, 0.5) is 26.5 Å². The number of nitriles is 1. The first-order valence-electron chi connectivity index (χ1n) is 12.2. The molecule has 3 heterocycles. The van der Waals surface area contributed by atoms with E-state index in [0.29, 0.717) is 36.3 Å². The fraction of sp³-hybridized carbons (Fsp3) is 0.440. The van der Waals surface area contributed by atoms with E-state index in [0.717, 1.165) is 6.07 Å². The van der Waals surface area contributed by atoms with Crippen LogP contribution in [0.1, 0.15) is 51.3 Å². The van der Waals surface area contributed by atoms with Crippen LogP contribution in [0.15, 0.2) is 30.7 Å². The van der Waals surface area contributed by atoms with Gasteiger partial charge in [0.25, 0.3) is 0 Å². The van der Waals surface area contributed by atoms with Gasteiger partial charge >= 0.3 is 6.09 Å². The molecule has 3 atom stereocenters. The molecule has 0 aliphatic heterocycles. The molecule has 4 N–H and O–H groups in total. The van der Waals surface area contributed by atoms with Crippen LogP contribution in [0.5, 0.6) is 0 Å². The first-order chi connectivity index (χ1) is 18.0. The molecule has 1 saturated carbocycles. The molecule has 1 amide bonds. The average Bonchev–Trinajstić information content (AvgIpc) is 3.38. The van der Waals surface area contributed by atoms with Gasteiger partial charge in [-0.3, -0.25) is 4.98 Å². The number of nitrogens with zero attached hydrogens (tertiary/aromatic N) is 6. The number of hydrogen-bond donors (Lipinski definition) is 4. The zero-order chi connectivity index (χ0) is 27.4. The number of hydrogen-bond acceptors (Lipinski definition) is 10. The molecule has 0 radical (unpaired) electrons. The minimum atomic E-state index is -0.860. The number of rotatable bonds is 6. The quantitative estimate of drug-likeness (QED) is 0.377. The number of nitrogens with one attached hydrogen (secondary N) is 3. The van der Waals surface area contributed by atoms with Gasteiger partial charge in [0.2, 0.25) is 0 Å². The Balaban J connectivity index is 1.59. The van der Waals surface area contributed by atoms with Gasteiger partial charge in [-0.2, -0.15) is 15.5 Å². The second-order valence-corrected chi connectivity index (χ2v) is 10.0. The zero-order valence-corrected chi connectivity index (χ0v) is 21.6. The Morgan fingerprint density at radius 3 is 2.66 bits per heavy atom. The molecular weight excluding hydrogens is 493 g/mol. The van der Waals surface area contributed by atoms with Crippen molar-refractivity contribution in [3.63, 3.8) is 0 Å². The van der Waals surface area contributed by atoms with Gasteiger partial charge in [0.15, 0.2) is 17.5 Å². The van der Waals surface area contributed by atoms with E-state index in [1.54, 1.807) is 45.4 Å². The molecular formula is C25H30FN9O3. The van der Waals surface area contributed by atoms with Crippen LogP contribution in [0, 0.1) is 24.1 Å². The maximum Gasteiger partial charge on any atom is 0.408 e. The molecule has 0 spiro atoms. The summed E-state index contributed by atoms with van der Waals surface area (Å²) in [7, 11) is 0. The van der Waals surface area contributed by atoms with Crippen molar-refractivity contribution < 1.29 is 19.0 Å². The van der Waals surface area contributed by atoms with Gasteiger partial charge in [-0.05, 0) is 59.1 Å². The van der Waals surface area contributed by atoms with Crippen molar-refractivity contribution >= 4 is 23.4 Å². The summed E-state index contributed by atoms with van der Waals surface area (Å²) in [6.07, 6.45) is 4.78. The van der Waals surface area contributed by atoms with Gasteiger partial charge in [-0.15, -0.1) is 4.80 Å². The zero-order valence-electron chi connectivity index (χ0n) is 21.6. The van der Waals surface area contributed by atoms with Crippen molar-refractivity contribution in [1.82, 2.24) is 30.3 Å². The first-order valence-corrected chi connectivity index (χ1v) is 12.2. The number of ether oxygens (including phenoxy) is 1. The van der Waals surface area contributed by atoms with E-state index in [1.807, 2.05) is 13.0 Å². The number of carbonyl (C=O) groups excluding carboxylic acids is 1. The van der Waals surface area contributed by atoms with Crippen molar-refractivity contribution in [3.8, 4) is 11.8 Å². The minimum absolute atomic E-state index is 0.0144. The molecule has 0 bridgehead atoms. The molecule has 200 valence electrons. The molecule has 0 aromatic carbocycles. The maximum absolute atomic E-state index is 15.0. The molecule has 1 fully saturated rings. The highest BCUT2D eigenvalue weighted by molar-refractivity contribution is 5.69. The van der Waals surface area contributed by atoms with Crippen LogP contribution in [0.2, 0.25) is 0 Å². The summed E-state index contributed by atoms with van der Waals surface area (Å²) < 4.78 is 20.3. The van der Waals surface area contributed by atoms with Crippen LogP contribution >= 0.6 is 0 Å². The van der Waals surface area contributed by atoms with E-state index in [2.05, 4.69) is 36.1 Å². The van der Waals surface area contributed by atoms with E-state index in [1.165, 1.54) is 4.80 Å². The molecule has 3 aromatic heterocycles. The second-order valence-electron chi connectivity index (χ2n) is 10.0. The number of aliphatic hydroxyl groups is 1. The largest absolute Gasteiger partial charge is 0.444 e. The van der Waals surface area contributed by atoms with Gasteiger partial charge in [0.1, 0.15) is 17.4 Å². The Hall–Kier alpha value is -4.31. The SMILES string of the molecule is Cc1ncc(Nc2nc(NC3CCCC(O)C3NC(=O)OC(C)(C)C)c(F)cc2C#N)cc1-n1nccn1. The highest BCUT2D eigenvalue weighted by Crippen LogP contribution is 2.28. The van der Waals surface area contributed by atoms with Crippen molar-refractivity contribution in [1.29, 1.82) is 5.26 Å². The summed E-state index contributed by atoms with van der Waals surface area (Å²) in [4.78, 5) is 22.5. The summed E-state index contributed by atoms with van der Waals surface area (Å²) in [5, 5.41) is 37.2. The van der Waals surface area contributed by atoms with Crippen LogP contribution in [-0.4, -0.2) is 60.0 Å². The van der Waals surface area contributed by atoms with E-state index in [4.69, 9.17) is 4.74 Å². The lowest BCUT2D eigenvalue weighted by molar-refractivity contribution is 0.0343. The van der Waals surface area contributed by atoms with Gasteiger partial charge in [-0.25, -0.2) is 14.2 Å². The predicted molar refractivity (Wildman–Crippen MR) is 137 cm³/mol. The van der Waals surface area contributed by atoms with Gasteiger partial charge in [-0.1, -0.05) is 0 Å². The minimum Gasteiger partial charge on any atom is -0.444 e. The molecule has 38 heavy (non-hydrogen) atoms. The summed E-state index contributed by atoms with van der Waals surface area (Å²) in [5.74, 6) is -0.767. The third-order valence-electron chi connectivity index (χ3n) is 5.92. The standard InChI is InChI=1S/C25H30FN9O3/c1-14-19(35-29-8-9-30-35)11-16(13-28-14)31-22-15(12-27)10-17(26)23(34-22)32-18-6-5-7-20(36)21(18)33-24(37)38-25(2,3)4/h8-11,13,18,20-21,36H,5-7H2,1-4H3,(H,33,37)(H2,31,32,34). The second kappa shape index (κ2) is 11.0. The van der Waals surface area contributed by atoms with Gasteiger partial charge < -0.3 is 25.8 Å². The monoisotopic (exact) mass is 523 g/mol. The normalized spacial score (nSPS) is 19.3. The third kappa shape index (κ3) is 6.33. The Kier molecular flexibility index (Phi) is 7.72. The number of alkyl carbamates (subject to hydrolysis) is 1. The fourth-order valence-electron chi connectivity index (χ4n) is 4.19. The summed E-state index contributed by atoms with van der Waals surface area (Å²) >= 11 is 0. The molecule has 0 saturated heterocycles. The van der Waals surface area contributed by atoms with Crippen molar-refractivity contribution in [2.75, 3.05) is 10.6 Å². The van der Waals surface area contributed by atoms with E-state index in [-0.39, 0.29) is 17.2 Å². The number of amides is 1. The van der Waals surface area contributed by atoms with Crippen LogP contribution in [-0.2, 0) is 4.74 Å². The summed E-state index contributed by atoms with van der Waals surface area (Å²) in [5.41, 5.74) is 1.06. The van der Waals surface area contributed by atoms with E-state index < -0.39 is 35.7 Å². The number of aliphatic hydroxyl groups excluding tert-OH is 1. The summed E-state index contributed by atoms with van der Waals surface area (Å²) in [6.45, 7) is 7.02. The lowest BCUT2D eigenvalue weighted by Crippen LogP contribution is -2.56. The predicted octanol–water partition coefficient (Wildman–Crippen LogP) is 3.34. The molecule has 3 aromatic rings. The van der Waals surface area contributed by atoms with Crippen LogP contribution < -0.4 is 16.0 Å². The average molecular weight is 524 g/mol. The number of carbonyl (C=O) groups is 1. The topological polar surface area (TPSA) is 163 Å². The number of halogens is 1. The Morgan fingerprint density at radius 1 is 1.24 bits per heavy atom. The van der Waals surface area contributed by atoms with Gasteiger partial charge in [0, 0.05) is 0 Å². The molecule has 3 unspecified atom stereocenters. The van der Waals surface area contributed by atoms with E-state index >= 15 is 4.39 Å². The smallest absolute Gasteiger partial charge is 0.408 e. The molecule has 1 aliphatic carbocycles. The van der Waals surface area contributed by atoms with Crippen LogP contribution in [0.25, 0.3) is 5.69 Å². The number of aromatic nitrogens is 5. The Morgan fingerprint density at radius 2 is 1.97 bits per heavy atom. The molecule has 1 aliphatic rings. The maximum atomic E-state index is 15.0. The van der Waals surface area contributed by atoms with Crippen molar-refractivity contribution in [3.05, 3.63) is 47.8 Å². The van der Waals surface area contributed by atoms with Crippen LogP contribution in [0.3, 0.4) is 0 Å². The van der Waals surface area contributed by atoms with Gasteiger partial charge in [0.05, 0.1) is 53.7 Å². The number of aryl methyl sites for hydroxylation is 1. The van der Waals surface area contributed by atoms with Crippen molar-refractivity contribution in [2.24, 2.45) is 0 Å². The number of pyridine rings is 2. The van der Waals surface area contributed by atoms with E-state index in [9.17, 15) is 15.2 Å². The Bertz CT molecular complexity index is 1340. The summed E-state index contributed by atoms with van der Waals surface area (Å²) in [6, 6.07) is 3.49. The fourth-order valence-corrected chi connectivity index (χ4v) is 4.19. The first kappa shape index (κ1) is 26.7.